The van der Waals surface area contributed by atoms with Crippen molar-refractivity contribution in [2.75, 3.05) is 6.61 Å². The predicted molar refractivity (Wildman–Crippen MR) is 85.4 cm³/mol. The van der Waals surface area contributed by atoms with Crippen LogP contribution in [-0.2, 0) is 16.1 Å². The van der Waals surface area contributed by atoms with Crippen LogP contribution in [0.3, 0.4) is 0 Å². The van der Waals surface area contributed by atoms with Crippen LogP contribution in [0.4, 0.5) is 0 Å². The van der Waals surface area contributed by atoms with E-state index in [9.17, 15) is 10.2 Å². The molecule has 22 heavy (non-hydrogen) atoms. The van der Waals surface area contributed by atoms with Crippen LogP contribution in [0.25, 0.3) is 0 Å². The molecule has 1 fully saturated rings. The second-order valence-electron chi connectivity index (χ2n) is 6.04. The Hall–Kier alpha value is -1.20. The van der Waals surface area contributed by atoms with Crippen LogP contribution in [0.2, 0.25) is 0 Å². The van der Waals surface area contributed by atoms with E-state index in [0.29, 0.717) is 26.1 Å². The summed E-state index contributed by atoms with van der Waals surface area (Å²) < 4.78 is 11.4. The molecular weight excluding hydrogens is 280 g/mol. The molecule has 1 aromatic rings. The summed E-state index contributed by atoms with van der Waals surface area (Å²) >= 11 is 0. The number of benzene rings is 1. The number of aliphatic hydroxyl groups is 2. The first-order valence-corrected chi connectivity index (χ1v) is 7.86. The Bertz CT molecular complexity index is 448. The molecule has 122 valence electrons. The van der Waals surface area contributed by atoms with Crippen molar-refractivity contribution < 1.29 is 19.7 Å². The molecule has 1 heterocycles. The molecule has 1 saturated heterocycles. The zero-order valence-corrected chi connectivity index (χ0v) is 13.1. The van der Waals surface area contributed by atoms with Crippen molar-refractivity contribution in [3.63, 3.8) is 0 Å². The van der Waals surface area contributed by atoms with Gasteiger partial charge in [-0.25, -0.2) is 0 Å². The van der Waals surface area contributed by atoms with Crippen LogP contribution in [0.1, 0.15) is 25.3 Å². The normalized spacial score (nSPS) is 27.5. The third-order valence-electron chi connectivity index (χ3n) is 4.04. The molecule has 0 amide bonds. The molecule has 4 heteroatoms. The quantitative estimate of drug-likeness (QED) is 0.724. The highest BCUT2D eigenvalue weighted by atomic mass is 16.6. The number of aliphatic hydroxyl groups excluding tert-OH is 2. The molecule has 2 N–H and O–H groups in total. The van der Waals surface area contributed by atoms with Crippen molar-refractivity contribution >= 4 is 0 Å². The van der Waals surface area contributed by atoms with E-state index in [1.54, 1.807) is 6.08 Å². The molecule has 0 unspecified atom stereocenters. The molecule has 1 aliphatic heterocycles. The number of ether oxygens (including phenoxy) is 2. The molecule has 5 atom stereocenters. The van der Waals surface area contributed by atoms with Crippen LogP contribution in [-0.4, -0.2) is 41.2 Å². The monoisotopic (exact) mass is 306 g/mol. The van der Waals surface area contributed by atoms with Gasteiger partial charge in [0.05, 0.1) is 31.5 Å². The van der Waals surface area contributed by atoms with E-state index in [1.807, 2.05) is 37.3 Å². The fraction of sp³-hybridized carbons (Fsp3) is 0.556. The van der Waals surface area contributed by atoms with Gasteiger partial charge in [0.2, 0.25) is 0 Å². The maximum Gasteiger partial charge on any atom is 0.110 e. The zero-order chi connectivity index (χ0) is 15.9. The smallest absolute Gasteiger partial charge is 0.110 e. The van der Waals surface area contributed by atoms with Gasteiger partial charge in [-0.15, -0.1) is 6.58 Å². The Morgan fingerprint density at radius 2 is 2.14 bits per heavy atom. The fourth-order valence-corrected chi connectivity index (χ4v) is 2.72. The van der Waals surface area contributed by atoms with E-state index >= 15 is 0 Å². The molecule has 0 bridgehead atoms. The van der Waals surface area contributed by atoms with E-state index in [4.69, 9.17) is 9.47 Å². The Kier molecular flexibility index (Phi) is 6.58. The summed E-state index contributed by atoms with van der Waals surface area (Å²) in [5.41, 5.74) is 1.11. The summed E-state index contributed by atoms with van der Waals surface area (Å²) in [6.07, 6.45) is 0.817. The van der Waals surface area contributed by atoms with Crippen molar-refractivity contribution in [1.82, 2.24) is 0 Å². The Labute approximate surface area is 132 Å². The highest BCUT2D eigenvalue weighted by molar-refractivity contribution is 5.13. The Balaban J connectivity index is 1.74. The lowest BCUT2D eigenvalue weighted by atomic mass is 9.97. The summed E-state index contributed by atoms with van der Waals surface area (Å²) in [7, 11) is 0. The van der Waals surface area contributed by atoms with Crippen molar-refractivity contribution in [3.8, 4) is 0 Å². The number of rotatable bonds is 8. The van der Waals surface area contributed by atoms with Gasteiger partial charge in [-0.3, -0.25) is 0 Å². The summed E-state index contributed by atoms with van der Waals surface area (Å²) in [6, 6.07) is 9.93. The average molecular weight is 306 g/mol. The topological polar surface area (TPSA) is 58.9 Å². The van der Waals surface area contributed by atoms with Gasteiger partial charge in [0, 0.05) is 6.42 Å². The van der Waals surface area contributed by atoms with Gasteiger partial charge in [-0.05, 0) is 17.9 Å². The molecule has 0 radical (unpaired) electrons. The first-order valence-electron chi connectivity index (χ1n) is 7.86. The number of hydrogen-bond donors (Lipinski definition) is 2. The van der Waals surface area contributed by atoms with Gasteiger partial charge in [0.1, 0.15) is 6.10 Å². The molecule has 0 aliphatic carbocycles. The first-order chi connectivity index (χ1) is 10.6. The van der Waals surface area contributed by atoms with Gasteiger partial charge in [-0.1, -0.05) is 43.3 Å². The number of hydrogen-bond acceptors (Lipinski definition) is 4. The maximum absolute atomic E-state index is 10.2. The molecule has 0 aromatic heterocycles. The predicted octanol–water partition coefficient (Wildman–Crippen LogP) is 2.29. The fourth-order valence-electron chi connectivity index (χ4n) is 2.72. The van der Waals surface area contributed by atoms with Crippen molar-refractivity contribution in [2.24, 2.45) is 5.92 Å². The SMILES string of the molecule is C=C[C@H](C)C[C@H](O)[C@@H]1O[C@H](COCc2ccccc2)C[C@H]1O. The van der Waals surface area contributed by atoms with Gasteiger partial charge >= 0.3 is 0 Å². The van der Waals surface area contributed by atoms with E-state index < -0.39 is 18.3 Å². The lowest BCUT2D eigenvalue weighted by Crippen LogP contribution is -2.35. The summed E-state index contributed by atoms with van der Waals surface area (Å²) in [5.74, 6) is 0.194. The molecule has 2 rings (SSSR count). The first kappa shape index (κ1) is 17.2. The number of allylic oxidation sites excluding steroid dienone is 1. The molecule has 0 spiro atoms. The second kappa shape index (κ2) is 8.44. The van der Waals surface area contributed by atoms with Crippen LogP contribution < -0.4 is 0 Å². The minimum absolute atomic E-state index is 0.169. The van der Waals surface area contributed by atoms with E-state index in [2.05, 4.69) is 6.58 Å². The van der Waals surface area contributed by atoms with Gasteiger partial charge < -0.3 is 19.7 Å². The largest absolute Gasteiger partial charge is 0.390 e. The van der Waals surface area contributed by atoms with Crippen LogP contribution in [0, 0.1) is 5.92 Å². The Morgan fingerprint density at radius 3 is 2.82 bits per heavy atom. The van der Waals surface area contributed by atoms with Crippen molar-refractivity contribution in [2.45, 2.75) is 50.8 Å². The van der Waals surface area contributed by atoms with Gasteiger partial charge in [0.15, 0.2) is 0 Å². The summed E-state index contributed by atoms with van der Waals surface area (Å²) in [4.78, 5) is 0. The second-order valence-corrected chi connectivity index (χ2v) is 6.04. The highest BCUT2D eigenvalue weighted by Gasteiger charge is 2.38. The average Bonchev–Trinajstić information content (AvgIpc) is 2.89. The minimum atomic E-state index is -0.679. The lowest BCUT2D eigenvalue weighted by molar-refractivity contribution is -0.0862. The van der Waals surface area contributed by atoms with Crippen LogP contribution >= 0.6 is 0 Å². The van der Waals surface area contributed by atoms with E-state index in [1.165, 1.54) is 0 Å². The van der Waals surface area contributed by atoms with Gasteiger partial charge in [-0.2, -0.15) is 0 Å². The maximum atomic E-state index is 10.2. The molecule has 0 saturated carbocycles. The van der Waals surface area contributed by atoms with E-state index in [0.717, 1.165) is 5.56 Å². The van der Waals surface area contributed by atoms with Crippen molar-refractivity contribution in [3.05, 3.63) is 48.6 Å². The third kappa shape index (κ3) is 4.92. The lowest BCUT2D eigenvalue weighted by Gasteiger charge is -2.22. The minimum Gasteiger partial charge on any atom is -0.390 e. The van der Waals surface area contributed by atoms with E-state index in [-0.39, 0.29) is 12.0 Å². The van der Waals surface area contributed by atoms with Gasteiger partial charge in [0.25, 0.3) is 0 Å². The Morgan fingerprint density at radius 1 is 1.41 bits per heavy atom. The van der Waals surface area contributed by atoms with Crippen molar-refractivity contribution in [1.29, 1.82) is 0 Å². The molecule has 1 aliphatic rings. The molecular formula is C18H26O4. The third-order valence-corrected chi connectivity index (χ3v) is 4.04. The highest BCUT2D eigenvalue weighted by Crippen LogP contribution is 2.26. The summed E-state index contributed by atoms with van der Waals surface area (Å²) in [6.45, 7) is 6.64. The zero-order valence-electron chi connectivity index (χ0n) is 13.1. The van der Waals surface area contributed by atoms with Crippen LogP contribution in [0.5, 0.6) is 0 Å². The standard InChI is InChI=1S/C18H26O4/c1-3-13(2)9-16(19)18-17(20)10-15(22-18)12-21-11-14-7-5-4-6-8-14/h3-8,13,15-20H,1,9-12H2,2H3/t13-,15-,16-,17+,18-/m0/s1. The van der Waals surface area contributed by atoms with Crippen LogP contribution in [0.15, 0.2) is 43.0 Å². The summed E-state index contributed by atoms with van der Waals surface area (Å²) in [5, 5.41) is 20.2. The molecule has 1 aromatic carbocycles. The molecule has 4 nitrogen and oxygen atoms in total.